The van der Waals surface area contributed by atoms with Gasteiger partial charge in [-0.3, -0.25) is 0 Å². The number of terminal acetylenes is 1. The Morgan fingerprint density at radius 3 is 2.64 bits per heavy atom. The molecule has 0 atom stereocenters. The fourth-order valence-corrected chi connectivity index (χ4v) is 1.14. The van der Waals surface area contributed by atoms with Crippen molar-refractivity contribution >= 4 is 6.08 Å². The molecule has 1 nitrogen and oxygen atoms in total. The lowest BCUT2D eigenvalue weighted by atomic mass is 10.1. The molecule has 0 unspecified atom stereocenters. The molecule has 0 aliphatic rings. The van der Waals surface area contributed by atoms with E-state index in [0.717, 1.165) is 18.5 Å². The van der Waals surface area contributed by atoms with Gasteiger partial charge in [-0.05, 0) is 37.7 Å². The van der Waals surface area contributed by atoms with Gasteiger partial charge in [0.2, 0.25) is 0 Å². The molecule has 0 heterocycles. The van der Waals surface area contributed by atoms with Crippen LogP contribution in [0.5, 0.6) is 0 Å². The fourth-order valence-electron chi connectivity index (χ4n) is 1.14. The second-order valence-electron chi connectivity index (χ2n) is 3.06. The van der Waals surface area contributed by atoms with E-state index in [9.17, 15) is 0 Å². The third-order valence-corrected chi connectivity index (χ3v) is 1.95. The minimum atomic E-state index is 0.928. The van der Waals surface area contributed by atoms with Crippen molar-refractivity contribution in [2.24, 2.45) is 0 Å². The van der Waals surface area contributed by atoms with Crippen molar-refractivity contribution in [2.45, 2.75) is 6.42 Å². The van der Waals surface area contributed by atoms with Gasteiger partial charge in [-0.15, -0.1) is 6.42 Å². The van der Waals surface area contributed by atoms with Crippen LogP contribution in [0, 0.1) is 12.3 Å². The van der Waals surface area contributed by atoms with Crippen LogP contribution in [-0.4, -0.2) is 13.6 Å². The number of benzene rings is 1. The van der Waals surface area contributed by atoms with Crippen molar-refractivity contribution in [3.63, 3.8) is 0 Å². The second kappa shape index (κ2) is 6.01. The molecule has 1 heteroatoms. The molecule has 0 spiro atoms. The van der Waals surface area contributed by atoms with E-state index in [1.807, 2.05) is 31.3 Å². The molecule has 0 saturated carbocycles. The van der Waals surface area contributed by atoms with E-state index in [1.165, 1.54) is 5.56 Å². The van der Waals surface area contributed by atoms with Crippen molar-refractivity contribution in [1.82, 2.24) is 5.32 Å². The lowest BCUT2D eigenvalue weighted by Gasteiger charge is -1.94. The molecule has 72 valence electrons. The Labute approximate surface area is 85.8 Å². The lowest BCUT2D eigenvalue weighted by Crippen LogP contribution is -2.05. The minimum absolute atomic E-state index is 0.928. The van der Waals surface area contributed by atoms with E-state index in [-0.39, 0.29) is 0 Å². The van der Waals surface area contributed by atoms with Gasteiger partial charge in [-0.2, -0.15) is 0 Å². The number of hydrogen-bond donors (Lipinski definition) is 1. The Morgan fingerprint density at radius 2 is 2.07 bits per heavy atom. The highest BCUT2D eigenvalue weighted by atomic mass is 14.8. The Morgan fingerprint density at radius 1 is 1.36 bits per heavy atom. The monoisotopic (exact) mass is 185 g/mol. The molecule has 0 aliphatic heterocycles. The van der Waals surface area contributed by atoms with Gasteiger partial charge in [0.05, 0.1) is 0 Å². The summed E-state index contributed by atoms with van der Waals surface area (Å²) in [7, 11) is 1.95. The first kappa shape index (κ1) is 10.6. The van der Waals surface area contributed by atoms with Crippen molar-refractivity contribution < 1.29 is 0 Å². The molecule has 0 aliphatic carbocycles. The van der Waals surface area contributed by atoms with Crippen molar-refractivity contribution in [3.8, 4) is 12.3 Å². The first-order valence-corrected chi connectivity index (χ1v) is 4.74. The Bertz CT molecular complexity index is 327. The van der Waals surface area contributed by atoms with E-state index in [1.54, 1.807) is 0 Å². The van der Waals surface area contributed by atoms with Crippen molar-refractivity contribution in [1.29, 1.82) is 0 Å². The zero-order chi connectivity index (χ0) is 10.2. The van der Waals surface area contributed by atoms with Gasteiger partial charge in [0.25, 0.3) is 0 Å². The maximum atomic E-state index is 5.26. The predicted molar refractivity (Wildman–Crippen MR) is 62.0 cm³/mol. The highest BCUT2D eigenvalue weighted by Gasteiger charge is 1.87. The van der Waals surface area contributed by atoms with Gasteiger partial charge in [-0.25, -0.2) is 0 Å². The van der Waals surface area contributed by atoms with Crippen LogP contribution in [-0.2, 0) is 0 Å². The Hall–Kier alpha value is -1.52. The fraction of sp³-hybridized carbons (Fsp3) is 0.231. The molecular weight excluding hydrogens is 170 g/mol. The molecule has 1 N–H and O–H groups in total. The van der Waals surface area contributed by atoms with Gasteiger partial charge < -0.3 is 5.32 Å². The average Bonchev–Trinajstić information content (AvgIpc) is 2.25. The second-order valence-corrected chi connectivity index (χ2v) is 3.06. The Kier molecular flexibility index (Phi) is 4.54. The molecule has 14 heavy (non-hydrogen) atoms. The molecule has 0 fully saturated rings. The van der Waals surface area contributed by atoms with Gasteiger partial charge in [0.1, 0.15) is 0 Å². The molecule has 1 rings (SSSR count). The highest BCUT2D eigenvalue weighted by Crippen LogP contribution is 2.05. The summed E-state index contributed by atoms with van der Waals surface area (Å²) in [6.07, 6.45) is 10.6. The van der Waals surface area contributed by atoms with Crippen LogP contribution in [0.15, 0.2) is 30.3 Å². The molecule has 0 aromatic heterocycles. The average molecular weight is 185 g/mol. The number of nitrogens with one attached hydrogen (secondary N) is 1. The van der Waals surface area contributed by atoms with E-state index in [0.29, 0.717) is 0 Å². The van der Waals surface area contributed by atoms with Gasteiger partial charge in [-0.1, -0.05) is 30.2 Å². The molecular formula is C13H15N. The summed E-state index contributed by atoms with van der Waals surface area (Å²) in [4.78, 5) is 0. The third-order valence-electron chi connectivity index (χ3n) is 1.95. The summed E-state index contributed by atoms with van der Waals surface area (Å²) in [5, 5.41) is 3.09. The summed E-state index contributed by atoms with van der Waals surface area (Å²) in [6.45, 7) is 1.01. The van der Waals surface area contributed by atoms with Gasteiger partial charge in [0, 0.05) is 5.56 Å². The SMILES string of the molecule is C#Cc1ccc(C=CCCNC)cc1. The zero-order valence-corrected chi connectivity index (χ0v) is 8.46. The molecule has 1 aromatic rings. The van der Waals surface area contributed by atoms with Gasteiger partial charge >= 0.3 is 0 Å². The first-order valence-electron chi connectivity index (χ1n) is 4.74. The third kappa shape index (κ3) is 3.47. The summed E-state index contributed by atoms with van der Waals surface area (Å²) in [5.41, 5.74) is 2.12. The standard InChI is InChI=1S/C13H15N/c1-3-12-7-9-13(10-8-12)6-4-5-11-14-2/h1,4,6-10,14H,5,11H2,2H3. The smallest absolute Gasteiger partial charge is 0.0243 e. The van der Waals surface area contributed by atoms with E-state index < -0.39 is 0 Å². The number of hydrogen-bond acceptors (Lipinski definition) is 1. The molecule has 0 saturated heterocycles. The molecule has 1 aromatic carbocycles. The van der Waals surface area contributed by atoms with Crippen LogP contribution in [0.2, 0.25) is 0 Å². The minimum Gasteiger partial charge on any atom is -0.319 e. The quantitative estimate of drug-likeness (QED) is 0.560. The predicted octanol–water partition coefficient (Wildman–Crippen LogP) is 2.29. The Balaban J connectivity index is 2.52. The maximum absolute atomic E-state index is 5.26. The first-order chi connectivity index (χ1) is 6.86. The molecule has 0 bridgehead atoms. The van der Waals surface area contributed by atoms with Crippen LogP contribution in [0.4, 0.5) is 0 Å². The maximum Gasteiger partial charge on any atom is 0.0243 e. The normalized spacial score (nSPS) is 10.3. The summed E-state index contributed by atoms with van der Waals surface area (Å²) in [5.74, 6) is 2.60. The van der Waals surface area contributed by atoms with Crippen molar-refractivity contribution in [3.05, 3.63) is 41.5 Å². The lowest BCUT2D eigenvalue weighted by molar-refractivity contribution is 0.809. The highest BCUT2D eigenvalue weighted by molar-refractivity contribution is 5.51. The zero-order valence-electron chi connectivity index (χ0n) is 8.46. The topological polar surface area (TPSA) is 12.0 Å². The summed E-state index contributed by atoms with van der Waals surface area (Å²) >= 11 is 0. The number of rotatable bonds is 4. The van der Waals surface area contributed by atoms with Crippen LogP contribution < -0.4 is 5.32 Å². The van der Waals surface area contributed by atoms with E-state index in [4.69, 9.17) is 6.42 Å². The largest absolute Gasteiger partial charge is 0.319 e. The van der Waals surface area contributed by atoms with E-state index in [2.05, 4.69) is 23.4 Å². The molecule has 0 radical (unpaired) electrons. The van der Waals surface area contributed by atoms with Crippen LogP contribution >= 0.6 is 0 Å². The van der Waals surface area contributed by atoms with Crippen molar-refractivity contribution in [2.75, 3.05) is 13.6 Å². The molecule has 0 amide bonds. The van der Waals surface area contributed by atoms with Crippen LogP contribution in [0.25, 0.3) is 6.08 Å². The van der Waals surface area contributed by atoms with Gasteiger partial charge in [0.15, 0.2) is 0 Å². The summed E-state index contributed by atoms with van der Waals surface area (Å²) < 4.78 is 0. The van der Waals surface area contributed by atoms with Crippen LogP contribution in [0.3, 0.4) is 0 Å². The summed E-state index contributed by atoms with van der Waals surface area (Å²) in [6, 6.07) is 7.98. The van der Waals surface area contributed by atoms with E-state index >= 15 is 0 Å². The van der Waals surface area contributed by atoms with Crippen LogP contribution in [0.1, 0.15) is 17.5 Å².